The highest BCUT2D eigenvalue weighted by Gasteiger charge is 2.52. The van der Waals surface area contributed by atoms with E-state index in [2.05, 4.69) is 200 Å². The molecule has 0 saturated heterocycles. The molecule has 3 aliphatic rings. The van der Waals surface area contributed by atoms with Crippen molar-refractivity contribution in [3.8, 4) is 102 Å². The zero-order chi connectivity index (χ0) is 48.3. The highest BCUT2D eigenvalue weighted by Crippen LogP contribution is 2.63. The highest BCUT2D eigenvalue weighted by atomic mass is 15.0. The van der Waals surface area contributed by atoms with Crippen molar-refractivity contribution < 1.29 is 0 Å². The van der Waals surface area contributed by atoms with E-state index in [4.69, 9.17) is 29.9 Å². The predicted molar refractivity (Wildman–Crippen MR) is 294 cm³/mol. The van der Waals surface area contributed by atoms with Gasteiger partial charge in [0.05, 0.1) is 5.41 Å². The average Bonchev–Trinajstić information content (AvgIpc) is 3.95. The van der Waals surface area contributed by atoms with Crippen molar-refractivity contribution in [1.29, 1.82) is 0 Å². The second-order valence-corrected chi connectivity index (χ2v) is 18.9. The average molecular weight is 933 g/mol. The van der Waals surface area contributed by atoms with E-state index in [-0.39, 0.29) is 0 Å². The summed E-state index contributed by atoms with van der Waals surface area (Å²) >= 11 is 0. The van der Waals surface area contributed by atoms with Gasteiger partial charge >= 0.3 is 0 Å². The molecule has 2 aromatic heterocycles. The summed E-state index contributed by atoms with van der Waals surface area (Å²) in [5.41, 5.74) is 19.3. The van der Waals surface area contributed by atoms with E-state index in [1.54, 1.807) is 0 Å². The molecule has 0 fully saturated rings. The van der Waals surface area contributed by atoms with Crippen LogP contribution in [0.4, 0.5) is 0 Å². The molecule has 0 amide bonds. The molecule has 0 atom stereocenters. The van der Waals surface area contributed by atoms with Crippen molar-refractivity contribution in [3.05, 3.63) is 271 Å². The molecule has 0 N–H and O–H groups in total. The maximum atomic E-state index is 5.29. The third-order valence-corrected chi connectivity index (χ3v) is 14.7. The molecule has 2 heterocycles. The summed E-state index contributed by atoms with van der Waals surface area (Å²) in [6.07, 6.45) is 8.67. The van der Waals surface area contributed by atoms with Crippen LogP contribution in [0.15, 0.2) is 243 Å². The fourth-order valence-corrected chi connectivity index (χ4v) is 11.2. The third-order valence-electron chi connectivity index (χ3n) is 14.7. The Kier molecular flexibility index (Phi) is 10.1. The minimum Gasteiger partial charge on any atom is -0.208 e. The lowest BCUT2D eigenvalue weighted by Crippen LogP contribution is -2.26. The van der Waals surface area contributed by atoms with E-state index in [0.29, 0.717) is 34.9 Å². The summed E-state index contributed by atoms with van der Waals surface area (Å²) in [5.74, 6) is 3.72. The van der Waals surface area contributed by atoms with Gasteiger partial charge in [0.1, 0.15) is 0 Å². The Hall–Kier alpha value is -9.52. The topological polar surface area (TPSA) is 77.3 Å². The van der Waals surface area contributed by atoms with E-state index >= 15 is 0 Å². The molecule has 342 valence electrons. The van der Waals surface area contributed by atoms with Gasteiger partial charge in [0, 0.05) is 33.4 Å². The van der Waals surface area contributed by atoms with Crippen molar-refractivity contribution in [1.82, 2.24) is 29.9 Å². The van der Waals surface area contributed by atoms with E-state index in [9.17, 15) is 0 Å². The largest absolute Gasteiger partial charge is 0.208 e. The maximum Gasteiger partial charge on any atom is 0.164 e. The van der Waals surface area contributed by atoms with Crippen LogP contribution in [0.5, 0.6) is 0 Å². The van der Waals surface area contributed by atoms with Gasteiger partial charge in [0.25, 0.3) is 0 Å². The summed E-state index contributed by atoms with van der Waals surface area (Å²) in [7, 11) is 0. The van der Waals surface area contributed by atoms with Crippen molar-refractivity contribution in [2.24, 2.45) is 0 Å². The number of nitrogens with zero attached hydrogens (tertiary/aromatic N) is 6. The Balaban J connectivity index is 0.941. The van der Waals surface area contributed by atoms with Crippen molar-refractivity contribution in [3.63, 3.8) is 0 Å². The molecular formula is C67H44N6. The normalized spacial score (nSPS) is 13.5. The number of benzene rings is 9. The predicted octanol–water partition coefficient (Wildman–Crippen LogP) is 15.8. The van der Waals surface area contributed by atoms with Gasteiger partial charge in [-0.05, 0) is 91.7 Å². The standard InChI is InChI=1S/C67H44N6/c1-5-17-43(18-6-1)45-29-33-49(34-30-45)63-68-61(47-21-9-3-10-22-47)70-65(72-63)51-37-39-55-56-40-38-52(42-60(56)67(59(55)41-51)57-27-15-13-25-53(57)54-26-14-16-28-58(54)67)66-71-62(48-23-11-4-12-24-48)69-64(73-66)50-35-31-46(32-36-50)44-19-7-2-8-20-44/h1-7,9-19,21-42H,8,20H2. The zero-order valence-electron chi connectivity index (χ0n) is 39.7. The van der Waals surface area contributed by atoms with E-state index in [1.807, 2.05) is 42.5 Å². The summed E-state index contributed by atoms with van der Waals surface area (Å²) < 4.78 is 0. The SMILES string of the molecule is C1=CCCC(c2ccc(-c3nc(-c4ccccc4)nc(-c4ccc5c(c4)C4(c6ccccc6-c6ccccc64)c4cc(-c6nc(-c7ccccc7)nc(-c7ccc(-c8ccccc8)cc7)n6)ccc4-5)n3)cc2)=C1. The first kappa shape index (κ1) is 42.4. The number of fused-ring (bicyclic) bond motifs is 10. The van der Waals surface area contributed by atoms with Crippen LogP contribution in [0.3, 0.4) is 0 Å². The molecule has 73 heavy (non-hydrogen) atoms. The third kappa shape index (κ3) is 7.17. The molecule has 0 bridgehead atoms. The lowest BCUT2D eigenvalue weighted by atomic mass is 9.70. The Labute approximate surface area is 423 Å². The first-order chi connectivity index (χ1) is 36.2. The molecule has 1 spiro atoms. The Bertz CT molecular complexity index is 3950. The van der Waals surface area contributed by atoms with E-state index in [1.165, 1.54) is 44.5 Å². The summed E-state index contributed by atoms with van der Waals surface area (Å²) in [5, 5.41) is 0. The molecule has 0 unspecified atom stereocenters. The van der Waals surface area contributed by atoms with E-state index < -0.39 is 5.41 Å². The Morgan fingerprint density at radius 1 is 0.274 bits per heavy atom. The Morgan fingerprint density at radius 3 is 1.04 bits per heavy atom. The highest BCUT2D eigenvalue weighted by molar-refractivity contribution is 5.96. The van der Waals surface area contributed by atoms with Gasteiger partial charge in [0.2, 0.25) is 0 Å². The van der Waals surface area contributed by atoms with Crippen LogP contribution in [0.2, 0.25) is 0 Å². The first-order valence-corrected chi connectivity index (χ1v) is 24.9. The summed E-state index contributed by atoms with van der Waals surface area (Å²) in [6, 6.07) is 79.3. The second-order valence-electron chi connectivity index (χ2n) is 18.9. The van der Waals surface area contributed by atoms with Crippen LogP contribution in [-0.2, 0) is 5.41 Å². The molecule has 3 aliphatic carbocycles. The first-order valence-electron chi connectivity index (χ1n) is 24.9. The van der Waals surface area contributed by atoms with Gasteiger partial charge in [-0.25, -0.2) is 29.9 Å². The monoisotopic (exact) mass is 932 g/mol. The molecule has 6 nitrogen and oxygen atoms in total. The quantitative estimate of drug-likeness (QED) is 0.151. The number of rotatable bonds is 8. The molecule has 0 radical (unpaired) electrons. The van der Waals surface area contributed by atoms with Crippen LogP contribution < -0.4 is 0 Å². The van der Waals surface area contributed by atoms with Gasteiger partial charge in [0.15, 0.2) is 34.9 Å². The van der Waals surface area contributed by atoms with Crippen molar-refractivity contribution >= 4 is 5.57 Å². The van der Waals surface area contributed by atoms with Crippen LogP contribution in [0.25, 0.3) is 107 Å². The molecular weight excluding hydrogens is 889 g/mol. The van der Waals surface area contributed by atoms with Crippen molar-refractivity contribution in [2.75, 3.05) is 0 Å². The molecule has 14 rings (SSSR count). The van der Waals surface area contributed by atoms with Gasteiger partial charge in [-0.3, -0.25) is 0 Å². The van der Waals surface area contributed by atoms with Gasteiger partial charge in [-0.2, -0.15) is 0 Å². The minimum atomic E-state index is -0.674. The number of hydrogen-bond acceptors (Lipinski definition) is 6. The minimum absolute atomic E-state index is 0.608. The molecule has 9 aromatic carbocycles. The second kappa shape index (κ2) is 17.4. The fourth-order valence-electron chi connectivity index (χ4n) is 11.2. The lowest BCUT2D eigenvalue weighted by Gasteiger charge is -2.31. The van der Waals surface area contributed by atoms with Crippen LogP contribution in [0.1, 0.15) is 40.7 Å². The van der Waals surface area contributed by atoms with E-state index in [0.717, 1.165) is 68.5 Å². The van der Waals surface area contributed by atoms with Gasteiger partial charge in [-0.15, -0.1) is 0 Å². The Morgan fingerprint density at radius 2 is 0.603 bits per heavy atom. The number of aromatic nitrogens is 6. The molecule has 0 saturated carbocycles. The molecule has 11 aromatic rings. The fraction of sp³-hybridized carbons (Fsp3) is 0.0448. The van der Waals surface area contributed by atoms with Gasteiger partial charge in [-0.1, -0.05) is 231 Å². The molecule has 0 aliphatic heterocycles. The van der Waals surface area contributed by atoms with Crippen LogP contribution >= 0.6 is 0 Å². The van der Waals surface area contributed by atoms with Crippen LogP contribution in [0, 0.1) is 0 Å². The maximum absolute atomic E-state index is 5.29. The number of hydrogen-bond donors (Lipinski definition) is 0. The smallest absolute Gasteiger partial charge is 0.164 e. The zero-order valence-corrected chi connectivity index (χ0v) is 39.7. The van der Waals surface area contributed by atoms with Crippen molar-refractivity contribution in [2.45, 2.75) is 18.3 Å². The van der Waals surface area contributed by atoms with Gasteiger partial charge < -0.3 is 0 Å². The van der Waals surface area contributed by atoms with Crippen LogP contribution in [-0.4, -0.2) is 29.9 Å². The summed E-state index contributed by atoms with van der Waals surface area (Å²) in [6.45, 7) is 0. The summed E-state index contributed by atoms with van der Waals surface area (Å²) in [4.78, 5) is 31.3. The molecule has 6 heteroatoms. The lowest BCUT2D eigenvalue weighted by molar-refractivity contribution is 0.794. The number of allylic oxidation sites excluding steroid dienone is 4.